The highest BCUT2D eigenvalue weighted by atomic mass is 16.1. The number of hydrogen-bond donors (Lipinski definition) is 0. The summed E-state index contributed by atoms with van der Waals surface area (Å²) in [5.41, 5.74) is 2.13. The lowest BCUT2D eigenvalue weighted by Gasteiger charge is -2.26. The Balaban J connectivity index is 2.02. The SMILES string of the molecule is CCc1ccc(C(=O)C(C)N(CC)CC2CC2)cc1. The molecular formula is C17H25NO. The first-order valence-corrected chi connectivity index (χ1v) is 7.52. The second kappa shape index (κ2) is 6.33. The smallest absolute Gasteiger partial charge is 0.179 e. The lowest BCUT2D eigenvalue weighted by molar-refractivity contribution is 0.0839. The first-order chi connectivity index (χ1) is 9.15. The van der Waals surface area contributed by atoms with E-state index in [1.165, 1.54) is 18.4 Å². The van der Waals surface area contributed by atoms with Crippen molar-refractivity contribution >= 4 is 5.78 Å². The van der Waals surface area contributed by atoms with Crippen LogP contribution in [0, 0.1) is 5.92 Å². The summed E-state index contributed by atoms with van der Waals surface area (Å²) in [5, 5.41) is 0. The molecule has 19 heavy (non-hydrogen) atoms. The third kappa shape index (κ3) is 3.66. The average molecular weight is 259 g/mol. The number of ketones is 1. The molecule has 0 N–H and O–H groups in total. The molecule has 0 spiro atoms. The van der Waals surface area contributed by atoms with Gasteiger partial charge < -0.3 is 0 Å². The Morgan fingerprint density at radius 3 is 2.37 bits per heavy atom. The second-order valence-electron chi connectivity index (χ2n) is 5.62. The van der Waals surface area contributed by atoms with Crippen molar-refractivity contribution in [3.8, 4) is 0 Å². The monoisotopic (exact) mass is 259 g/mol. The first kappa shape index (κ1) is 14.3. The van der Waals surface area contributed by atoms with Gasteiger partial charge in [-0.1, -0.05) is 38.1 Å². The van der Waals surface area contributed by atoms with Crippen molar-refractivity contribution in [2.75, 3.05) is 13.1 Å². The Labute approximate surface area is 116 Å². The van der Waals surface area contributed by atoms with Crippen molar-refractivity contribution in [1.82, 2.24) is 4.90 Å². The number of carbonyl (C=O) groups excluding carboxylic acids is 1. The van der Waals surface area contributed by atoms with Crippen LogP contribution in [0.4, 0.5) is 0 Å². The van der Waals surface area contributed by atoms with Gasteiger partial charge in [-0.15, -0.1) is 0 Å². The predicted molar refractivity (Wildman–Crippen MR) is 79.6 cm³/mol. The van der Waals surface area contributed by atoms with E-state index in [2.05, 4.69) is 30.9 Å². The molecule has 0 amide bonds. The van der Waals surface area contributed by atoms with Gasteiger partial charge in [-0.2, -0.15) is 0 Å². The van der Waals surface area contributed by atoms with E-state index in [0.29, 0.717) is 0 Å². The lowest BCUT2D eigenvalue weighted by atomic mass is 10.0. The zero-order valence-corrected chi connectivity index (χ0v) is 12.4. The minimum atomic E-state index is -0.00178. The van der Waals surface area contributed by atoms with E-state index in [0.717, 1.165) is 31.0 Å². The summed E-state index contributed by atoms with van der Waals surface area (Å²) in [6.07, 6.45) is 3.69. The van der Waals surface area contributed by atoms with Crippen LogP contribution in [-0.4, -0.2) is 29.8 Å². The molecule has 1 atom stereocenters. The minimum absolute atomic E-state index is 0.00178. The maximum absolute atomic E-state index is 12.5. The van der Waals surface area contributed by atoms with Crippen LogP contribution in [0.3, 0.4) is 0 Å². The molecule has 1 unspecified atom stereocenters. The van der Waals surface area contributed by atoms with Crippen molar-refractivity contribution < 1.29 is 4.79 Å². The van der Waals surface area contributed by atoms with Crippen LogP contribution >= 0.6 is 0 Å². The van der Waals surface area contributed by atoms with Gasteiger partial charge in [0, 0.05) is 12.1 Å². The summed E-state index contributed by atoms with van der Waals surface area (Å²) >= 11 is 0. The topological polar surface area (TPSA) is 20.3 Å². The molecule has 2 heteroatoms. The van der Waals surface area contributed by atoms with Crippen molar-refractivity contribution in [1.29, 1.82) is 0 Å². The standard InChI is InChI=1S/C17H25NO/c1-4-14-8-10-16(11-9-14)17(19)13(3)18(5-2)12-15-6-7-15/h8-11,13,15H,4-7,12H2,1-3H3. The molecule has 2 nitrogen and oxygen atoms in total. The van der Waals surface area contributed by atoms with Gasteiger partial charge >= 0.3 is 0 Å². The van der Waals surface area contributed by atoms with Gasteiger partial charge in [-0.05, 0) is 44.2 Å². The number of benzene rings is 1. The lowest BCUT2D eigenvalue weighted by Crippen LogP contribution is -2.40. The Kier molecular flexibility index (Phi) is 4.76. The normalized spacial score (nSPS) is 16.6. The molecule has 2 rings (SSSR count). The van der Waals surface area contributed by atoms with Crippen LogP contribution in [0.2, 0.25) is 0 Å². The third-order valence-corrected chi connectivity index (χ3v) is 4.17. The molecule has 1 saturated carbocycles. The van der Waals surface area contributed by atoms with Crippen LogP contribution < -0.4 is 0 Å². The Morgan fingerprint density at radius 1 is 1.26 bits per heavy atom. The summed E-state index contributed by atoms with van der Waals surface area (Å²) in [7, 11) is 0. The fourth-order valence-electron chi connectivity index (χ4n) is 2.50. The molecule has 0 radical (unpaired) electrons. The molecule has 0 heterocycles. The molecular weight excluding hydrogens is 234 g/mol. The van der Waals surface area contributed by atoms with Gasteiger partial charge in [0.2, 0.25) is 0 Å². The minimum Gasteiger partial charge on any atom is -0.294 e. The molecule has 1 fully saturated rings. The third-order valence-electron chi connectivity index (χ3n) is 4.17. The first-order valence-electron chi connectivity index (χ1n) is 7.52. The Morgan fingerprint density at radius 2 is 1.89 bits per heavy atom. The van der Waals surface area contributed by atoms with Gasteiger partial charge in [0.25, 0.3) is 0 Å². The van der Waals surface area contributed by atoms with Gasteiger partial charge in [0.15, 0.2) is 5.78 Å². The fraction of sp³-hybridized carbons (Fsp3) is 0.588. The van der Waals surface area contributed by atoms with Gasteiger partial charge in [0.1, 0.15) is 0 Å². The predicted octanol–water partition coefficient (Wildman–Crippen LogP) is 3.55. The van der Waals surface area contributed by atoms with Gasteiger partial charge in [-0.3, -0.25) is 9.69 Å². The summed E-state index contributed by atoms with van der Waals surface area (Å²) in [4.78, 5) is 14.8. The molecule has 1 aromatic carbocycles. The molecule has 0 aliphatic heterocycles. The maximum atomic E-state index is 12.5. The Bertz CT molecular complexity index is 419. The van der Waals surface area contributed by atoms with Crippen LogP contribution in [-0.2, 0) is 6.42 Å². The zero-order chi connectivity index (χ0) is 13.8. The summed E-state index contributed by atoms with van der Waals surface area (Å²) in [6, 6.07) is 8.08. The van der Waals surface area contributed by atoms with E-state index in [1.807, 2.05) is 19.1 Å². The van der Waals surface area contributed by atoms with E-state index in [1.54, 1.807) is 0 Å². The van der Waals surface area contributed by atoms with E-state index < -0.39 is 0 Å². The van der Waals surface area contributed by atoms with Crippen molar-refractivity contribution in [3.63, 3.8) is 0 Å². The van der Waals surface area contributed by atoms with E-state index in [9.17, 15) is 4.79 Å². The quantitative estimate of drug-likeness (QED) is 0.698. The molecule has 0 bridgehead atoms. The van der Waals surface area contributed by atoms with E-state index in [4.69, 9.17) is 0 Å². The summed E-state index contributed by atoms with van der Waals surface area (Å²) in [5.74, 6) is 1.09. The number of rotatable bonds is 7. The fourth-order valence-corrected chi connectivity index (χ4v) is 2.50. The highest BCUT2D eigenvalue weighted by molar-refractivity contribution is 5.99. The molecule has 0 aromatic heterocycles. The van der Waals surface area contributed by atoms with Gasteiger partial charge in [-0.25, -0.2) is 0 Å². The average Bonchev–Trinajstić information content (AvgIpc) is 3.27. The number of carbonyl (C=O) groups is 1. The molecule has 104 valence electrons. The highest BCUT2D eigenvalue weighted by Gasteiger charge is 2.28. The van der Waals surface area contributed by atoms with Crippen LogP contribution in [0.25, 0.3) is 0 Å². The van der Waals surface area contributed by atoms with Crippen LogP contribution in [0.15, 0.2) is 24.3 Å². The van der Waals surface area contributed by atoms with E-state index >= 15 is 0 Å². The molecule has 1 aromatic rings. The largest absolute Gasteiger partial charge is 0.294 e. The number of likely N-dealkylation sites (N-methyl/N-ethyl adjacent to an activating group) is 1. The highest BCUT2D eigenvalue weighted by Crippen LogP contribution is 2.30. The van der Waals surface area contributed by atoms with Crippen LogP contribution in [0.5, 0.6) is 0 Å². The Hall–Kier alpha value is -1.15. The van der Waals surface area contributed by atoms with Gasteiger partial charge in [0.05, 0.1) is 6.04 Å². The van der Waals surface area contributed by atoms with Crippen molar-refractivity contribution in [2.24, 2.45) is 5.92 Å². The number of Topliss-reactive ketones (excluding diaryl/α,β-unsaturated/α-hetero) is 1. The second-order valence-corrected chi connectivity index (χ2v) is 5.62. The van der Waals surface area contributed by atoms with E-state index in [-0.39, 0.29) is 11.8 Å². The van der Waals surface area contributed by atoms with Crippen molar-refractivity contribution in [2.45, 2.75) is 46.1 Å². The molecule has 1 aliphatic carbocycles. The van der Waals surface area contributed by atoms with Crippen molar-refractivity contribution in [3.05, 3.63) is 35.4 Å². The van der Waals surface area contributed by atoms with Crippen LogP contribution in [0.1, 0.15) is 49.5 Å². The zero-order valence-electron chi connectivity index (χ0n) is 12.4. The molecule has 0 saturated heterocycles. The number of aryl methyl sites for hydroxylation is 1. The summed E-state index contributed by atoms with van der Waals surface area (Å²) in [6.45, 7) is 8.36. The maximum Gasteiger partial charge on any atom is 0.179 e. The molecule has 1 aliphatic rings. The number of hydrogen-bond acceptors (Lipinski definition) is 2. The summed E-state index contributed by atoms with van der Waals surface area (Å²) < 4.78 is 0. The number of nitrogens with zero attached hydrogens (tertiary/aromatic N) is 1.